The summed E-state index contributed by atoms with van der Waals surface area (Å²) in [4.78, 5) is 10.3. The van der Waals surface area contributed by atoms with Gasteiger partial charge in [-0.05, 0) is 40.7 Å². The molecule has 1 aliphatic heterocycles. The molecule has 1 aliphatic rings. The smallest absolute Gasteiger partial charge is 0.106 e. The zero-order valence-corrected chi connectivity index (χ0v) is 10.5. The van der Waals surface area contributed by atoms with E-state index in [1.807, 2.05) is 6.79 Å². The van der Waals surface area contributed by atoms with Crippen molar-refractivity contribution in [3.05, 3.63) is 12.2 Å². The summed E-state index contributed by atoms with van der Waals surface area (Å²) in [5, 5.41) is 8.52. The Morgan fingerprint density at radius 3 is 1.67 bits per heavy atom. The predicted molar refractivity (Wildman–Crippen MR) is 65.0 cm³/mol. The quantitative estimate of drug-likeness (QED) is 0.627. The van der Waals surface area contributed by atoms with Crippen molar-refractivity contribution in [2.24, 2.45) is 0 Å². The largest absolute Gasteiger partial charge is 0.391 e. The molecule has 1 saturated heterocycles. The van der Waals surface area contributed by atoms with E-state index in [0.717, 1.165) is 0 Å². The number of nitrogens with zero attached hydrogens (tertiary/aromatic N) is 1. The van der Waals surface area contributed by atoms with Crippen LogP contribution >= 0.6 is 0 Å². The number of hydrogen-bond donors (Lipinski definition) is 1. The third-order valence-electron chi connectivity index (χ3n) is 1.69. The van der Waals surface area contributed by atoms with Gasteiger partial charge in [0.15, 0.2) is 0 Å². The molecule has 0 amide bonds. The molecule has 0 atom stereocenters. The molecule has 0 aromatic rings. The summed E-state index contributed by atoms with van der Waals surface area (Å²) >= 11 is 0. The summed E-state index contributed by atoms with van der Waals surface area (Å²) < 4.78 is 0. The molecule has 3 heteroatoms. The highest BCUT2D eigenvalue weighted by Crippen LogP contribution is 2.10. The molecule has 0 unspecified atom stereocenters. The first-order valence-electron chi connectivity index (χ1n) is 5.15. The van der Waals surface area contributed by atoms with Gasteiger partial charge in [0, 0.05) is 13.1 Å². The molecule has 0 aromatic heterocycles. The Morgan fingerprint density at radius 2 is 1.47 bits per heavy atom. The van der Waals surface area contributed by atoms with Gasteiger partial charge in [0.25, 0.3) is 0 Å². The normalized spacial score (nSPS) is 17.0. The minimum atomic E-state index is -0.500. The summed E-state index contributed by atoms with van der Waals surface area (Å²) in [6.07, 6.45) is 2.41. The molecule has 1 rings (SSSR count). The zero-order chi connectivity index (χ0) is 12.5. The Bertz CT molecular complexity index is 157. The second kappa shape index (κ2) is 8.62. The van der Waals surface area contributed by atoms with E-state index in [1.54, 1.807) is 20.8 Å². The lowest BCUT2D eigenvalue weighted by atomic mass is 10.1. The van der Waals surface area contributed by atoms with Gasteiger partial charge < -0.3 is 14.8 Å². The van der Waals surface area contributed by atoms with Crippen LogP contribution in [-0.2, 0) is 4.79 Å². The van der Waals surface area contributed by atoms with E-state index in [-0.39, 0.29) is 0 Å². The first kappa shape index (κ1) is 16.7. The SMILES string of the molecule is C=C1CCN(C)CC1.C=O.CC(C)(C)O. The van der Waals surface area contributed by atoms with Gasteiger partial charge in [-0.25, -0.2) is 0 Å². The molecule has 0 spiro atoms. The third-order valence-corrected chi connectivity index (χ3v) is 1.69. The Morgan fingerprint density at radius 1 is 1.20 bits per heavy atom. The maximum absolute atomic E-state index is 8.52. The average molecular weight is 215 g/mol. The van der Waals surface area contributed by atoms with Gasteiger partial charge in [-0.2, -0.15) is 0 Å². The van der Waals surface area contributed by atoms with Crippen molar-refractivity contribution < 1.29 is 9.90 Å². The standard InChI is InChI=1S/C7H13N.C4H10O.CH2O/c1-7-3-5-8(2)6-4-7;1-4(2,3)5;1-2/h1,3-6H2,2H3;5H,1-3H3;1H2. The van der Waals surface area contributed by atoms with E-state index < -0.39 is 5.60 Å². The maximum Gasteiger partial charge on any atom is 0.106 e. The molecule has 3 nitrogen and oxygen atoms in total. The Balaban J connectivity index is 0. The summed E-state index contributed by atoms with van der Waals surface area (Å²) in [5.41, 5.74) is 0.920. The van der Waals surface area contributed by atoms with Crippen LogP contribution in [0.15, 0.2) is 12.2 Å². The Kier molecular flexibility index (Phi) is 9.63. The van der Waals surface area contributed by atoms with Gasteiger partial charge in [-0.1, -0.05) is 12.2 Å². The lowest BCUT2D eigenvalue weighted by molar-refractivity contribution is -0.0979. The number of carbonyl (C=O) groups excluding carboxylic acids is 1. The predicted octanol–water partition coefficient (Wildman–Crippen LogP) is 1.86. The highest BCUT2D eigenvalue weighted by molar-refractivity contribution is 5.11. The molecule has 1 heterocycles. The number of carbonyl (C=O) groups is 1. The van der Waals surface area contributed by atoms with E-state index in [2.05, 4.69) is 18.5 Å². The first-order chi connectivity index (χ1) is 6.79. The van der Waals surface area contributed by atoms with Crippen LogP contribution in [0.1, 0.15) is 33.6 Å². The third kappa shape index (κ3) is 19.7. The molecule has 0 saturated carbocycles. The van der Waals surface area contributed by atoms with E-state index in [0.29, 0.717) is 0 Å². The molecule has 0 bridgehead atoms. The fourth-order valence-corrected chi connectivity index (χ4v) is 0.935. The molecule has 0 radical (unpaired) electrons. The first-order valence-corrected chi connectivity index (χ1v) is 5.15. The van der Waals surface area contributed by atoms with Crippen molar-refractivity contribution in [1.82, 2.24) is 4.90 Å². The van der Waals surface area contributed by atoms with Gasteiger partial charge in [-0.3, -0.25) is 0 Å². The lowest BCUT2D eigenvalue weighted by Crippen LogP contribution is -2.25. The summed E-state index contributed by atoms with van der Waals surface area (Å²) in [5.74, 6) is 0. The molecule has 90 valence electrons. The molecule has 1 N–H and O–H groups in total. The van der Waals surface area contributed by atoms with Crippen LogP contribution in [0.5, 0.6) is 0 Å². The summed E-state index contributed by atoms with van der Waals surface area (Å²) in [7, 11) is 2.16. The van der Waals surface area contributed by atoms with E-state index in [4.69, 9.17) is 9.90 Å². The van der Waals surface area contributed by atoms with E-state index in [1.165, 1.54) is 31.5 Å². The van der Waals surface area contributed by atoms with Crippen molar-refractivity contribution in [2.75, 3.05) is 20.1 Å². The van der Waals surface area contributed by atoms with Gasteiger partial charge in [0.2, 0.25) is 0 Å². The highest BCUT2D eigenvalue weighted by atomic mass is 16.3. The van der Waals surface area contributed by atoms with Crippen molar-refractivity contribution in [3.63, 3.8) is 0 Å². The number of likely N-dealkylation sites (tertiary alicyclic amines) is 1. The van der Waals surface area contributed by atoms with Gasteiger partial charge in [-0.15, -0.1) is 0 Å². The van der Waals surface area contributed by atoms with Crippen molar-refractivity contribution in [1.29, 1.82) is 0 Å². The number of piperidine rings is 1. The molecule has 1 fully saturated rings. The molecule has 0 aromatic carbocycles. The van der Waals surface area contributed by atoms with E-state index >= 15 is 0 Å². The molecule has 15 heavy (non-hydrogen) atoms. The lowest BCUT2D eigenvalue weighted by Gasteiger charge is -2.22. The number of rotatable bonds is 0. The Labute approximate surface area is 93.8 Å². The van der Waals surface area contributed by atoms with Gasteiger partial charge in [0.1, 0.15) is 6.79 Å². The second-order valence-electron chi connectivity index (χ2n) is 4.72. The van der Waals surface area contributed by atoms with Crippen molar-refractivity contribution >= 4 is 6.79 Å². The van der Waals surface area contributed by atoms with Crippen LogP contribution in [0, 0.1) is 0 Å². The number of aliphatic hydroxyl groups is 1. The number of hydrogen-bond acceptors (Lipinski definition) is 3. The van der Waals surface area contributed by atoms with Gasteiger partial charge in [0.05, 0.1) is 5.60 Å². The van der Waals surface area contributed by atoms with Crippen LogP contribution < -0.4 is 0 Å². The fraction of sp³-hybridized carbons (Fsp3) is 0.750. The fourth-order valence-electron chi connectivity index (χ4n) is 0.935. The van der Waals surface area contributed by atoms with Crippen LogP contribution in [0.2, 0.25) is 0 Å². The van der Waals surface area contributed by atoms with Gasteiger partial charge >= 0.3 is 0 Å². The average Bonchev–Trinajstić information content (AvgIpc) is 2.11. The highest BCUT2D eigenvalue weighted by Gasteiger charge is 2.06. The topological polar surface area (TPSA) is 40.5 Å². The van der Waals surface area contributed by atoms with E-state index in [9.17, 15) is 0 Å². The second-order valence-corrected chi connectivity index (χ2v) is 4.72. The molecular formula is C12H25NO2. The summed E-state index contributed by atoms with van der Waals surface area (Å²) in [6, 6.07) is 0. The van der Waals surface area contributed by atoms with Crippen LogP contribution in [-0.4, -0.2) is 42.5 Å². The van der Waals surface area contributed by atoms with Crippen molar-refractivity contribution in [2.45, 2.75) is 39.2 Å². The monoisotopic (exact) mass is 215 g/mol. The van der Waals surface area contributed by atoms with Crippen LogP contribution in [0.3, 0.4) is 0 Å². The van der Waals surface area contributed by atoms with Crippen molar-refractivity contribution in [3.8, 4) is 0 Å². The zero-order valence-electron chi connectivity index (χ0n) is 10.5. The molecule has 0 aliphatic carbocycles. The maximum atomic E-state index is 8.52. The minimum Gasteiger partial charge on any atom is -0.391 e. The molecular weight excluding hydrogens is 190 g/mol. The Hall–Kier alpha value is -0.670. The summed E-state index contributed by atoms with van der Waals surface area (Å²) in [6.45, 7) is 13.6. The van der Waals surface area contributed by atoms with Crippen LogP contribution in [0.25, 0.3) is 0 Å². The van der Waals surface area contributed by atoms with Crippen LogP contribution in [0.4, 0.5) is 0 Å². The minimum absolute atomic E-state index is 0.500.